The van der Waals surface area contributed by atoms with Crippen LogP contribution in [-0.2, 0) is 14.4 Å². The minimum atomic E-state index is -5.08. The number of carbonyl (C=O) groups excluding carboxylic acids is 2. The molecule has 0 spiro atoms. The molecule has 24 heavy (non-hydrogen) atoms. The Bertz CT molecular complexity index is 490. The van der Waals surface area contributed by atoms with Gasteiger partial charge in [0.25, 0.3) is 0 Å². The lowest BCUT2D eigenvalue weighted by atomic mass is 9.76. The molecule has 0 saturated carbocycles. The maximum atomic E-state index is 14.4. The zero-order chi connectivity index (χ0) is 19.3. The number of hydrogen-bond donors (Lipinski definition) is 4. The van der Waals surface area contributed by atoms with Gasteiger partial charge in [0.2, 0.25) is 11.7 Å². The Kier molecular flexibility index (Phi) is 7.31. The highest BCUT2D eigenvalue weighted by Gasteiger charge is 2.55. The molecule has 2 atom stereocenters. The number of likely N-dealkylation sites (N-methyl/N-ethyl adjacent to an activating group) is 1. The van der Waals surface area contributed by atoms with E-state index >= 15 is 0 Å². The summed E-state index contributed by atoms with van der Waals surface area (Å²) in [6.45, 7) is 3.62. The highest BCUT2D eigenvalue weighted by atomic mass is 19.4. The third-order valence-electron chi connectivity index (χ3n) is 3.64. The van der Waals surface area contributed by atoms with Gasteiger partial charge in [0.15, 0.2) is 11.2 Å². The molecular formula is C13H21F4N3O4. The average Bonchev–Trinajstić information content (AvgIpc) is 2.92. The van der Waals surface area contributed by atoms with E-state index in [1.54, 1.807) is 13.8 Å². The van der Waals surface area contributed by atoms with Crippen molar-refractivity contribution in [2.24, 2.45) is 11.7 Å². The number of hydrogen-bond acceptors (Lipinski definition) is 5. The van der Waals surface area contributed by atoms with Crippen LogP contribution in [0.3, 0.4) is 0 Å². The van der Waals surface area contributed by atoms with Gasteiger partial charge in [-0.2, -0.15) is 13.2 Å². The Morgan fingerprint density at radius 3 is 2.00 bits per heavy atom. The predicted molar refractivity (Wildman–Crippen MR) is 75.8 cm³/mol. The van der Waals surface area contributed by atoms with E-state index in [0.29, 0.717) is 6.54 Å². The first-order chi connectivity index (χ1) is 10.7. The number of Topliss-reactive ketones (excluding diaryl/α,β-unsaturated/α-hetero) is 1. The van der Waals surface area contributed by atoms with E-state index < -0.39 is 41.0 Å². The lowest BCUT2D eigenvalue weighted by molar-refractivity contribution is -0.192. The molecule has 1 rings (SSSR count). The van der Waals surface area contributed by atoms with Crippen molar-refractivity contribution in [3.05, 3.63) is 0 Å². The van der Waals surface area contributed by atoms with Crippen LogP contribution in [0.1, 0.15) is 20.3 Å². The second-order valence-electron chi connectivity index (χ2n) is 5.63. The Hall–Kier alpha value is -1.75. The van der Waals surface area contributed by atoms with Crippen molar-refractivity contribution in [3.63, 3.8) is 0 Å². The van der Waals surface area contributed by atoms with Crippen LogP contribution in [0.25, 0.3) is 0 Å². The monoisotopic (exact) mass is 359 g/mol. The molecule has 1 fully saturated rings. The van der Waals surface area contributed by atoms with E-state index in [9.17, 15) is 27.2 Å². The van der Waals surface area contributed by atoms with E-state index in [-0.39, 0.29) is 13.0 Å². The number of amides is 1. The zero-order valence-corrected chi connectivity index (χ0v) is 13.5. The summed E-state index contributed by atoms with van der Waals surface area (Å²) in [6, 6.07) is 0. The summed E-state index contributed by atoms with van der Waals surface area (Å²) in [5.74, 6) is -4.69. The number of ketones is 1. The van der Waals surface area contributed by atoms with Gasteiger partial charge in [-0.05, 0) is 12.5 Å². The molecule has 1 heterocycles. The predicted octanol–water partition coefficient (Wildman–Crippen LogP) is -0.0101. The lowest BCUT2D eigenvalue weighted by Crippen LogP contribution is -2.67. The van der Waals surface area contributed by atoms with Gasteiger partial charge in [-0.1, -0.05) is 13.8 Å². The van der Waals surface area contributed by atoms with Gasteiger partial charge in [-0.15, -0.1) is 0 Å². The molecule has 0 aromatic heterocycles. The molecule has 1 unspecified atom stereocenters. The van der Waals surface area contributed by atoms with Gasteiger partial charge in [0.05, 0.1) is 0 Å². The zero-order valence-electron chi connectivity index (χ0n) is 13.5. The smallest absolute Gasteiger partial charge is 0.475 e. The van der Waals surface area contributed by atoms with Gasteiger partial charge in [-0.3, -0.25) is 9.59 Å². The molecule has 140 valence electrons. The fourth-order valence-corrected chi connectivity index (χ4v) is 2.06. The summed E-state index contributed by atoms with van der Waals surface area (Å²) in [7, 11) is 1.39. The standard InChI is InChI=1S/C11H20FN3O2.C2HF3O2/c1-7(2)11(13,9(17)14-3)8(16)10(12)4-5-15-6-10;3-2(4,5)1(6)7/h7,15H,4-6,13H2,1-3H3,(H,14,17);(H,6,7)/t10-,11?;/m0./s1. The molecule has 0 radical (unpaired) electrons. The quantitative estimate of drug-likeness (QED) is 0.414. The molecule has 11 heteroatoms. The van der Waals surface area contributed by atoms with Crippen molar-refractivity contribution in [3.8, 4) is 0 Å². The number of carbonyl (C=O) groups is 3. The van der Waals surface area contributed by atoms with E-state index in [2.05, 4.69) is 10.6 Å². The van der Waals surface area contributed by atoms with Crippen molar-refractivity contribution >= 4 is 17.7 Å². The summed E-state index contributed by atoms with van der Waals surface area (Å²) in [6.07, 6.45) is -5.02. The Labute approximate surface area is 135 Å². The number of alkyl halides is 4. The summed E-state index contributed by atoms with van der Waals surface area (Å²) < 4.78 is 46.1. The highest BCUT2D eigenvalue weighted by Crippen LogP contribution is 2.29. The van der Waals surface area contributed by atoms with Crippen molar-refractivity contribution in [1.82, 2.24) is 10.6 Å². The largest absolute Gasteiger partial charge is 0.490 e. The maximum absolute atomic E-state index is 14.4. The number of nitrogens with two attached hydrogens (primary N) is 1. The van der Waals surface area contributed by atoms with Crippen LogP contribution in [0.5, 0.6) is 0 Å². The van der Waals surface area contributed by atoms with Crippen molar-refractivity contribution in [2.45, 2.75) is 37.7 Å². The summed E-state index contributed by atoms with van der Waals surface area (Å²) in [5.41, 5.74) is 2.03. The molecule has 7 nitrogen and oxygen atoms in total. The molecule has 0 aromatic carbocycles. The fourth-order valence-electron chi connectivity index (χ4n) is 2.06. The molecule has 0 bridgehead atoms. The van der Waals surface area contributed by atoms with Gasteiger partial charge < -0.3 is 21.5 Å². The third kappa shape index (κ3) is 4.87. The first-order valence-corrected chi connectivity index (χ1v) is 6.99. The van der Waals surface area contributed by atoms with Crippen LogP contribution >= 0.6 is 0 Å². The van der Waals surface area contributed by atoms with Gasteiger partial charge in [0, 0.05) is 20.0 Å². The van der Waals surface area contributed by atoms with Crippen molar-refractivity contribution in [1.29, 1.82) is 0 Å². The normalized spacial score (nSPS) is 23.0. The number of carboxylic acid groups (broad SMARTS) is 1. The average molecular weight is 359 g/mol. The highest BCUT2D eigenvalue weighted by molar-refractivity contribution is 6.14. The topological polar surface area (TPSA) is 122 Å². The minimum Gasteiger partial charge on any atom is -0.475 e. The number of nitrogens with one attached hydrogen (secondary N) is 2. The molecule has 1 amide bonds. The maximum Gasteiger partial charge on any atom is 0.490 e. The van der Waals surface area contributed by atoms with E-state index in [0.717, 1.165) is 0 Å². The van der Waals surface area contributed by atoms with Crippen molar-refractivity contribution < 1.29 is 37.1 Å². The van der Waals surface area contributed by atoms with Gasteiger partial charge in [-0.25, -0.2) is 9.18 Å². The SMILES string of the molecule is CNC(=O)C(N)(C(=O)[C@]1(F)CCNC1)C(C)C.O=C(O)C(F)(F)F. The second-order valence-corrected chi connectivity index (χ2v) is 5.63. The molecular weight excluding hydrogens is 338 g/mol. The summed E-state index contributed by atoms with van der Waals surface area (Å²) >= 11 is 0. The molecule has 5 N–H and O–H groups in total. The van der Waals surface area contributed by atoms with Crippen LogP contribution in [0.15, 0.2) is 0 Å². The molecule has 1 aliphatic rings. The van der Waals surface area contributed by atoms with E-state index in [1.165, 1.54) is 7.05 Å². The Morgan fingerprint density at radius 1 is 1.29 bits per heavy atom. The lowest BCUT2D eigenvalue weighted by Gasteiger charge is -2.34. The summed E-state index contributed by atoms with van der Waals surface area (Å²) in [5, 5.41) is 12.2. The first-order valence-electron chi connectivity index (χ1n) is 6.99. The van der Waals surface area contributed by atoms with Gasteiger partial charge in [0.1, 0.15) is 0 Å². The minimum absolute atomic E-state index is 0.0640. The number of halogens is 4. The van der Waals surface area contributed by atoms with Gasteiger partial charge >= 0.3 is 12.1 Å². The Balaban J connectivity index is 0.000000640. The summed E-state index contributed by atoms with van der Waals surface area (Å²) in [4.78, 5) is 32.9. The second kappa shape index (κ2) is 7.88. The van der Waals surface area contributed by atoms with Crippen molar-refractivity contribution in [2.75, 3.05) is 20.1 Å². The van der Waals surface area contributed by atoms with Crippen LogP contribution < -0.4 is 16.4 Å². The molecule has 1 saturated heterocycles. The number of aliphatic carboxylic acids is 1. The first kappa shape index (κ1) is 22.2. The number of rotatable bonds is 4. The molecule has 0 aliphatic carbocycles. The fraction of sp³-hybridized carbons (Fsp3) is 0.769. The van der Waals surface area contributed by atoms with Crippen LogP contribution in [0.4, 0.5) is 17.6 Å². The van der Waals surface area contributed by atoms with E-state index in [1.807, 2.05) is 0 Å². The van der Waals surface area contributed by atoms with Crippen LogP contribution in [-0.4, -0.2) is 60.3 Å². The molecule has 1 aliphatic heterocycles. The van der Waals surface area contributed by atoms with E-state index in [4.69, 9.17) is 15.6 Å². The Morgan fingerprint density at radius 2 is 1.75 bits per heavy atom. The third-order valence-corrected chi connectivity index (χ3v) is 3.64. The van der Waals surface area contributed by atoms with Crippen LogP contribution in [0, 0.1) is 5.92 Å². The number of carboxylic acids is 1. The molecule has 0 aromatic rings. The van der Waals surface area contributed by atoms with Crippen LogP contribution in [0.2, 0.25) is 0 Å².